The van der Waals surface area contributed by atoms with Crippen molar-refractivity contribution >= 4 is 15.5 Å². The van der Waals surface area contributed by atoms with Gasteiger partial charge in [0.2, 0.25) is 0 Å². The highest BCUT2D eigenvalue weighted by Crippen LogP contribution is 2.23. The van der Waals surface area contributed by atoms with Crippen LogP contribution in [0.25, 0.3) is 0 Å². The lowest BCUT2D eigenvalue weighted by Gasteiger charge is -2.33. The number of nitrogens with zero attached hydrogens (tertiary/aromatic N) is 1. The first-order chi connectivity index (χ1) is 11.9. The molecule has 0 aliphatic carbocycles. The molecule has 2 aromatic rings. The molecule has 0 spiro atoms. The highest BCUT2D eigenvalue weighted by molar-refractivity contribution is 7.90. The summed E-state index contributed by atoms with van der Waals surface area (Å²) >= 11 is 0. The average Bonchev–Trinajstić information content (AvgIpc) is 2.58. The van der Waals surface area contributed by atoms with Gasteiger partial charge in [0.05, 0.1) is 10.6 Å². The molecule has 0 unspecified atom stereocenters. The van der Waals surface area contributed by atoms with Crippen LogP contribution in [0.4, 0.5) is 10.1 Å². The van der Waals surface area contributed by atoms with Crippen LogP contribution >= 0.6 is 0 Å². The Morgan fingerprint density at radius 2 is 1.80 bits per heavy atom. The molecule has 1 heterocycles. The Labute approximate surface area is 148 Å². The highest BCUT2D eigenvalue weighted by Gasteiger charge is 2.20. The molecule has 134 valence electrons. The van der Waals surface area contributed by atoms with E-state index in [1.807, 2.05) is 18.2 Å². The number of hydrogen-bond acceptors (Lipinski definition) is 4. The summed E-state index contributed by atoms with van der Waals surface area (Å²) in [7, 11) is -3.39. The fourth-order valence-electron chi connectivity index (χ4n) is 3.14. The minimum Gasteiger partial charge on any atom is -0.380 e. The van der Waals surface area contributed by atoms with Crippen LogP contribution in [0.3, 0.4) is 0 Å². The van der Waals surface area contributed by atoms with Gasteiger partial charge < -0.3 is 5.32 Å². The van der Waals surface area contributed by atoms with Crippen LogP contribution in [0, 0.1) is 5.82 Å². The third kappa shape index (κ3) is 4.80. The SMILES string of the molecule is CS(=O)(=O)c1ccc(NC2CCN(Cc3ccccc3)CC2)c(F)c1. The van der Waals surface area contributed by atoms with Gasteiger partial charge in [0, 0.05) is 31.9 Å². The van der Waals surface area contributed by atoms with Crippen molar-refractivity contribution in [3.63, 3.8) is 0 Å². The van der Waals surface area contributed by atoms with E-state index in [0.29, 0.717) is 5.69 Å². The maximum absolute atomic E-state index is 14.2. The molecule has 0 aromatic heterocycles. The van der Waals surface area contributed by atoms with Crippen LogP contribution in [0.2, 0.25) is 0 Å². The first-order valence-electron chi connectivity index (χ1n) is 8.44. The first kappa shape index (κ1) is 17.9. The topological polar surface area (TPSA) is 49.4 Å². The Hall–Kier alpha value is -1.92. The number of benzene rings is 2. The number of rotatable bonds is 5. The second-order valence-electron chi connectivity index (χ2n) is 6.59. The first-order valence-corrected chi connectivity index (χ1v) is 10.3. The summed E-state index contributed by atoms with van der Waals surface area (Å²) < 4.78 is 37.1. The predicted octanol–water partition coefficient (Wildman–Crippen LogP) is 3.31. The van der Waals surface area contributed by atoms with Crippen LogP contribution in [-0.2, 0) is 16.4 Å². The zero-order valence-electron chi connectivity index (χ0n) is 14.3. The summed E-state index contributed by atoms with van der Waals surface area (Å²) in [6.45, 7) is 2.84. The van der Waals surface area contributed by atoms with E-state index in [-0.39, 0.29) is 10.9 Å². The summed E-state index contributed by atoms with van der Waals surface area (Å²) in [6, 6.07) is 14.6. The van der Waals surface area contributed by atoms with E-state index in [4.69, 9.17) is 0 Å². The van der Waals surface area contributed by atoms with E-state index < -0.39 is 15.7 Å². The molecule has 6 heteroatoms. The van der Waals surface area contributed by atoms with Crippen molar-refractivity contribution in [1.82, 2.24) is 4.90 Å². The zero-order chi connectivity index (χ0) is 17.9. The Kier molecular flexibility index (Phi) is 5.39. The summed E-state index contributed by atoms with van der Waals surface area (Å²) in [5.41, 5.74) is 1.67. The third-order valence-corrected chi connectivity index (χ3v) is 5.68. The largest absolute Gasteiger partial charge is 0.380 e. The molecular formula is C19H23FN2O2S. The molecule has 0 amide bonds. The molecule has 4 nitrogen and oxygen atoms in total. The van der Waals surface area contributed by atoms with Gasteiger partial charge >= 0.3 is 0 Å². The van der Waals surface area contributed by atoms with Crippen molar-refractivity contribution in [2.24, 2.45) is 0 Å². The van der Waals surface area contributed by atoms with Crippen molar-refractivity contribution in [2.45, 2.75) is 30.3 Å². The lowest BCUT2D eigenvalue weighted by molar-refractivity contribution is 0.211. The summed E-state index contributed by atoms with van der Waals surface area (Å²) in [6.07, 6.45) is 2.94. The van der Waals surface area contributed by atoms with E-state index in [1.54, 1.807) is 0 Å². The van der Waals surface area contributed by atoms with E-state index in [0.717, 1.165) is 44.8 Å². The monoisotopic (exact) mass is 362 g/mol. The van der Waals surface area contributed by atoms with Crippen LogP contribution in [0.1, 0.15) is 18.4 Å². The molecule has 1 aliphatic heterocycles. The highest BCUT2D eigenvalue weighted by atomic mass is 32.2. The maximum atomic E-state index is 14.2. The smallest absolute Gasteiger partial charge is 0.175 e. The molecule has 0 radical (unpaired) electrons. The van der Waals surface area contributed by atoms with Gasteiger partial charge in [-0.1, -0.05) is 30.3 Å². The normalized spacial score (nSPS) is 16.7. The van der Waals surface area contributed by atoms with Gasteiger partial charge in [0.1, 0.15) is 5.82 Å². The number of nitrogens with one attached hydrogen (secondary N) is 1. The third-order valence-electron chi connectivity index (χ3n) is 4.56. The van der Waals surface area contributed by atoms with E-state index in [9.17, 15) is 12.8 Å². The van der Waals surface area contributed by atoms with E-state index in [1.165, 1.54) is 17.7 Å². The number of piperidine rings is 1. The van der Waals surface area contributed by atoms with Gasteiger partial charge in [0.25, 0.3) is 0 Å². The van der Waals surface area contributed by atoms with Gasteiger partial charge in [-0.3, -0.25) is 4.90 Å². The van der Waals surface area contributed by atoms with E-state index >= 15 is 0 Å². The Morgan fingerprint density at radius 3 is 2.40 bits per heavy atom. The fourth-order valence-corrected chi connectivity index (χ4v) is 3.77. The Balaban J connectivity index is 1.55. The number of likely N-dealkylation sites (tertiary alicyclic amines) is 1. The van der Waals surface area contributed by atoms with Crippen LogP contribution < -0.4 is 5.32 Å². The quantitative estimate of drug-likeness (QED) is 0.887. The minimum absolute atomic E-state index is 0.00762. The lowest BCUT2D eigenvalue weighted by Crippen LogP contribution is -2.38. The average molecular weight is 362 g/mol. The number of hydrogen-bond donors (Lipinski definition) is 1. The molecule has 0 bridgehead atoms. The standard InChI is InChI=1S/C19H23FN2O2S/c1-25(23,24)17-7-8-19(18(20)13-17)21-16-9-11-22(12-10-16)14-15-5-3-2-4-6-15/h2-8,13,16,21H,9-12,14H2,1H3. The van der Waals surface area contributed by atoms with Crippen LogP contribution in [0.5, 0.6) is 0 Å². The molecule has 1 saturated heterocycles. The van der Waals surface area contributed by atoms with Crippen molar-refractivity contribution < 1.29 is 12.8 Å². The molecule has 0 atom stereocenters. The lowest BCUT2D eigenvalue weighted by atomic mass is 10.0. The predicted molar refractivity (Wildman–Crippen MR) is 97.9 cm³/mol. The minimum atomic E-state index is -3.39. The molecule has 2 aromatic carbocycles. The van der Waals surface area contributed by atoms with Crippen molar-refractivity contribution in [3.8, 4) is 0 Å². The van der Waals surface area contributed by atoms with Gasteiger partial charge in [-0.25, -0.2) is 12.8 Å². The molecule has 25 heavy (non-hydrogen) atoms. The van der Waals surface area contributed by atoms with Crippen LogP contribution in [-0.4, -0.2) is 38.7 Å². The van der Waals surface area contributed by atoms with Gasteiger partial charge in [-0.15, -0.1) is 0 Å². The Bertz CT molecular complexity index is 817. The maximum Gasteiger partial charge on any atom is 0.175 e. The molecule has 1 aliphatic rings. The van der Waals surface area contributed by atoms with Crippen molar-refractivity contribution in [1.29, 1.82) is 0 Å². The van der Waals surface area contributed by atoms with Gasteiger partial charge in [-0.05, 0) is 36.6 Å². The fraction of sp³-hybridized carbons (Fsp3) is 0.368. The van der Waals surface area contributed by atoms with Gasteiger partial charge in [-0.2, -0.15) is 0 Å². The zero-order valence-corrected chi connectivity index (χ0v) is 15.1. The molecular weight excluding hydrogens is 339 g/mol. The molecule has 3 rings (SSSR count). The molecule has 0 saturated carbocycles. The number of anilines is 1. The summed E-state index contributed by atoms with van der Waals surface area (Å²) in [5.74, 6) is -0.519. The second kappa shape index (κ2) is 7.54. The van der Waals surface area contributed by atoms with Gasteiger partial charge in [0.15, 0.2) is 9.84 Å². The summed E-state index contributed by atoms with van der Waals surface area (Å²) in [4.78, 5) is 2.41. The van der Waals surface area contributed by atoms with Crippen molar-refractivity contribution in [3.05, 3.63) is 59.9 Å². The summed E-state index contributed by atoms with van der Waals surface area (Å²) in [5, 5.41) is 3.22. The second-order valence-corrected chi connectivity index (χ2v) is 8.61. The van der Waals surface area contributed by atoms with Crippen molar-refractivity contribution in [2.75, 3.05) is 24.7 Å². The number of sulfone groups is 1. The number of halogens is 1. The molecule has 1 fully saturated rings. The molecule has 1 N–H and O–H groups in total. The Morgan fingerprint density at radius 1 is 1.12 bits per heavy atom. The van der Waals surface area contributed by atoms with E-state index in [2.05, 4.69) is 22.3 Å². The van der Waals surface area contributed by atoms with Crippen LogP contribution in [0.15, 0.2) is 53.4 Å².